The van der Waals surface area contributed by atoms with E-state index in [0.29, 0.717) is 17.9 Å². The first-order valence-electron chi connectivity index (χ1n) is 8.92. The van der Waals surface area contributed by atoms with Crippen LogP contribution in [0.1, 0.15) is 24.8 Å². The Kier molecular flexibility index (Phi) is 5.87. The van der Waals surface area contributed by atoms with E-state index >= 15 is 0 Å². The van der Waals surface area contributed by atoms with Gasteiger partial charge in [0.05, 0.1) is 31.8 Å². The Morgan fingerprint density at radius 2 is 2.00 bits per heavy atom. The number of hydrazone groups is 1. The number of amides is 2. The van der Waals surface area contributed by atoms with Crippen molar-refractivity contribution in [3.63, 3.8) is 0 Å². The summed E-state index contributed by atoms with van der Waals surface area (Å²) >= 11 is 0. The van der Waals surface area contributed by atoms with Crippen molar-refractivity contribution in [2.75, 3.05) is 25.7 Å². The SMILES string of the molecule is COc1ccc(CNC(=O)C2=NN(C3CCS(=O)(=O)C3)C(=O)CC2)cc1OC. The van der Waals surface area contributed by atoms with E-state index in [1.165, 1.54) is 12.1 Å². The lowest BCUT2D eigenvalue weighted by molar-refractivity contribution is -0.133. The zero-order valence-corrected chi connectivity index (χ0v) is 16.6. The number of nitrogens with zero attached hydrogens (tertiary/aromatic N) is 2. The number of carbonyl (C=O) groups excluding carboxylic acids is 2. The van der Waals surface area contributed by atoms with Crippen LogP contribution in [0.25, 0.3) is 0 Å². The molecule has 1 unspecified atom stereocenters. The molecule has 152 valence electrons. The van der Waals surface area contributed by atoms with E-state index in [9.17, 15) is 18.0 Å². The zero-order valence-electron chi connectivity index (χ0n) is 15.8. The topological polar surface area (TPSA) is 114 Å². The van der Waals surface area contributed by atoms with Gasteiger partial charge in [-0.15, -0.1) is 0 Å². The molecule has 1 saturated heterocycles. The second-order valence-electron chi connectivity index (χ2n) is 6.71. The predicted molar refractivity (Wildman–Crippen MR) is 102 cm³/mol. The molecule has 0 aromatic heterocycles. The quantitative estimate of drug-likeness (QED) is 0.731. The van der Waals surface area contributed by atoms with Crippen molar-refractivity contribution >= 4 is 27.4 Å². The molecule has 2 aliphatic rings. The van der Waals surface area contributed by atoms with E-state index in [1.807, 2.05) is 6.07 Å². The van der Waals surface area contributed by atoms with Crippen molar-refractivity contribution in [2.45, 2.75) is 31.8 Å². The molecule has 2 heterocycles. The molecule has 1 aromatic carbocycles. The summed E-state index contributed by atoms with van der Waals surface area (Å²) in [7, 11) is -0.0721. The Balaban J connectivity index is 1.67. The second-order valence-corrected chi connectivity index (χ2v) is 8.94. The van der Waals surface area contributed by atoms with Crippen LogP contribution >= 0.6 is 0 Å². The van der Waals surface area contributed by atoms with Gasteiger partial charge in [-0.3, -0.25) is 9.59 Å². The Labute approximate surface area is 163 Å². The van der Waals surface area contributed by atoms with Gasteiger partial charge in [0.1, 0.15) is 5.71 Å². The van der Waals surface area contributed by atoms with Crippen molar-refractivity contribution in [1.29, 1.82) is 0 Å². The number of rotatable bonds is 6. The maximum absolute atomic E-state index is 12.5. The van der Waals surface area contributed by atoms with Crippen molar-refractivity contribution in [2.24, 2.45) is 5.10 Å². The van der Waals surface area contributed by atoms with Gasteiger partial charge in [-0.25, -0.2) is 13.4 Å². The van der Waals surface area contributed by atoms with Crippen LogP contribution in [-0.4, -0.2) is 62.7 Å². The molecule has 2 amide bonds. The molecule has 1 N–H and O–H groups in total. The van der Waals surface area contributed by atoms with Crippen LogP contribution in [0.5, 0.6) is 11.5 Å². The smallest absolute Gasteiger partial charge is 0.267 e. The fraction of sp³-hybridized carbons (Fsp3) is 0.500. The number of nitrogens with one attached hydrogen (secondary N) is 1. The molecule has 0 spiro atoms. The van der Waals surface area contributed by atoms with E-state index in [0.717, 1.165) is 5.56 Å². The number of hydrogen-bond acceptors (Lipinski definition) is 7. The van der Waals surface area contributed by atoms with Crippen LogP contribution in [0.2, 0.25) is 0 Å². The van der Waals surface area contributed by atoms with Gasteiger partial charge < -0.3 is 14.8 Å². The van der Waals surface area contributed by atoms with E-state index < -0.39 is 15.9 Å². The molecular formula is C18H23N3O6S. The summed E-state index contributed by atoms with van der Waals surface area (Å²) in [5.41, 5.74) is 1.04. The normalized spacial score (nSPS) is 21.2. The first kappa shape index (κ1) is 20.1. The monoisotopic (exact) mass is 409 g/mol. The average Bonchev–Trinajstić information content (AvgIpc) is 3.05. The summed E-state index contributed by atoms with van der Waals surface area (Å²) in [6.07, 6.45) is 0.712. The summed E-state index contributed by atoms with van der Waals surface area (Å²) in [5.74, 6) is 0.450. The molecule has 0 saturated carbocycles. The molecule has 0 aliphatic carbocycles. The van der Waals surface area contributed by atoms with Gasteiger partial charge in [-0.05, 0) is 24.1 Å². The summed E-state index contributed by atoms with van der Waals surface area (Å²) in [4.78, 5) is 24.6. The van der Waals surface area contributed by atoms with Gasteiger partial charge in [0.2, 0.25) is 5.91 Å². The average molecular weight is 409 g/mol. The summed E-state index contributed by atoms with van der Waals surface area (Å²) in [6, 6.07) is 4.83. The number of hydrogen-bond donors (Lipinski definition) is 1. The molecule has 0 bridgehead atoms. The lowest BCUT2D eigenvalue weighted by Crippen LogP contribution is -2.43. The Morgan fingerprint density at radius 1 is 1.25 bits per heavy atom. The van der Waals surface area contributed by atoms with Crippen LogP contribution < -0.4 is 14.8 Å². The van der Waals surface area contributed by atoms with Crippen LogP contribution in [-0.2, 0) is 26.0 Å². The molecule has 3 rings (SSSR count). The third-order valence-corrected chi connectivity index (χ3v) is 6.53. The maximum atomic E-state index is 12.5. The largest absolute Gasteiger partial charge is 0.493 e. The van der Waals surface area contributed by atoms with Gasteiger partial charge in [-0.2, -0.15) is 5.10 Å². The van der Waals surface area contributed by atoms with Crippen molar-refractivity contribution in [3.8, 4) is 11.5 Å². The highest BCUT2D eigenvalue weighted by Crippen LogP contribution is 2.27. The molecule has 0 radical (unpaired) electrons. The van der Waals surface area contributed by atoms with E-state index in [-0.39, 0.29) is 48.4 Å². The molecule has 1 atom stereocenters. The van der Waals surface area contributed by atoms with Gasteiger partial charge in [-0.1, -0.05) is 6.07 Å². The van der Waals surface area contributed by atoms with Crippen LogP contribution in [0, 0.1) is 0 Å². The van der Waals surface area contributed by atoms with Crippen LogP contribution in [0.4, 0.5) is 0 Å². The van der Waals surface area contributed by atoms with Crippen molar-refractivity contribution in [1.82, 2.24) is 10.3 Å². The summed E-state index contributed by atoms with van der Waals surface area (Å²) in [6.45, 7) is 0.254. The van der Waals surface area contributed by atoms with Gasteiger partial charge in [0.25, 0.3) is 5.91 Å². The number of sulfone groups is 1. The standard InChI is InChI=1S/C18H23N3O6S/c1-26-15-5-3-12(9-16(15)27-2)10-19-18(23)14-4-6-17(22)21(20-14)13-7-8-28(24,25)11-13/h3,5,9,13H,4,6-8,10-11H2,1-2H3,(H,19,23). The second kappa shape index (κ2) is 8.17. The summed E-state index contributed by atoms with van der Waals surface area (Å²) < 4.78 is 33.8. The Morgan fingerprint density at radius 3 is 2.64 bits per heavy atom. The highest BCUT2D eigenvalue weighted by atomic mass is 32.2. The minimum absolute atomic E-state index is 0.0395. The zero-order chi connectivity index (χ0) is 20.3. The molecule has 1 aromatic rings. The van der Waals surface area contributed by atoms with Gasteiger partial charge in [0, 0.05) is 19.4 Å². The van der Waals surface area contributed by atoms with E-state index in [4.69, 9.17) is 9.47 Å². The molecule has 28 heavy (non-hydrogen) atoms. The van der Waals surface area contributed by atoms with E-state index in [1.54, 1.807) is 19.2 Å². The first-order chi connectivity index (χ1) is 13.3. The highest BCUT2D eigenvalue weighted by Gasteiger charge is 2.37. The predicted octanol–water partition coefficient (Wildman–Crippen LogP) is 0.486. The number of benzene rings is 1. The molecule has 2 aliphatic heterocycles. The molecule has 10 heteroatoms. The fourth-order valence-electron chi connectivity index (χ4n) is 3.26. The van der Waals surface area contributed by atoms with E-state index in [2.05, 4.69) is 10.4 Å². The first-order valence-corrected chi connectivity index (χ1v) is 10.7. The number of carbonyl (C=O) groups is 2. The lowest BCUT2D eigenvalue weighted by atomic mass is 10.1. The minimum Gasteiger partial charge on any atom is -0.493 e. The van der Waals surface area contributed by atoms with Crippen LogP contribution in [0.15, 0.2) is 23.3 Å². The maximum Gasteiger partial charge on any atom is 0.267 e. The van der Waals surface area contributed by atoms with Crippen molar-refractivity contribution in [3.05, 3.63) is 23.8 Å². The minimum atomic E-state index is -3.15. The third kappa shape index (κ3) is 4.44. The lowest BCUT2D eigenvalue weighted by Gasteiger charge is -2.27. The molecular weight excluding hydrogens is 386 g/mol. The summed E-state index contributed by atoms with van der Waals surface area (Å²) in [5, 5.41) is 8.12. The number of ether oxygens (including phenoxy) is 2. The fourth-order valence-corrected chi connectivity index (χ4v) is 4.96. The van der Waals surface area contributed by atoms with Gasteiger partial charge >= 0.3 is 0 Å². The molecule has 1 fully saturated rings. The molecule has 9 nitrogen and oxygen atoms in total. The Hall–Kier alpha value is -2.62. The third-order valence-electron chi connectivity index (χ3n) is 4.78. The highest BCUT2D eigenvalue weighted by molar-refractivity contribution is 7.91. The van der Waals surface area contributed by atoms with Crippen molar-refractivity contribution < 1.29 is 27.5 Å². The number of methoxy groups -OCH3 is 2. The Bertz CT molecular complexity index is 912. The van der Waals surface area contributed by atoms with Crippen LogP contribution in [0.3, 0.4) is 0 Å². The van der Waals surface area contributed by atoms with Gasteiger partial charge in [0.15, 0.2) is 21.3 Å².